The number of rotatable bonds is 6. The van der Waals surface area contributed by atoms with Gasteiger partial charge in [-0.25, -0.2) is 0 Å². The highest BCUT2D eigenvalue weighted by atomic mass is 127. The third-order valence-corrected chi connectivity index (χ3v) is 2.02. The van der Waals surface area contributed by atoms with Crippen molar-refractivity contribution in [3.8, 4) is 0 Å². The maximum atomic E-state index is 3.75. The molecule has 0 unspecified atom stereocenters. The predicted molar refractivity (Wildman–Crippen MR) is 77.5 cm³/mol. The van der Waals surface area contributed by atoms with Gasteiger partial charge in [-0.1, -0.05) is 42.5 Å². The van der Waals surface area contributed by atoms with Crippen molar-refractivity contribution in [1.82, 2.24) is 4.90 Å². The van der Waals surface area contributed by atoms with Crippen LogP contribution in [0, 0.1) is 0 Å². The molecule has 0 atom stereocenters. The lowest BCUT2D eigenvalue weighted by Crippen LogP contribution is -2.23. The van der Waals surface area contributed by atoms with E-state index < -0.39 is 0 Å². The topological polar surface area (TPSA) is 3.24 Å². The summed E-state index contributed by atoms with van der Waals surface area (Å²) in [4.78, 5) is 2.29. The van der Waals surface area contributed by atoms with Crippen molar-refractivity contribution >= 4 is 24.0 Å². The molecule has 0 saturated heterocycles. The lowest BCUT2D eigenvalue weighted by molar-refractivity contribution is 0.328. The van der Waals surface area contributed by atoms with Crippen LogP contribution in [0.4, 0.5) is 0 Å². The molecule has 1 aromatic rings. The molecule has 0 spiro atoms. The largest absolute Gasteiger partial charge is 0.292 e. The maximum absolute atomic E-state index is 3.75. The van der Waals surface area contributed by atoms with Gasteiger partial charge in [-0.15, -0.1) is 37.1 Å². The van der Waals surface area contributed by atoms with E-state index in [1.54, 1.807) is 0 Å². The summed E-state index contributed by atoms with van der Waals surface area (Å²) >= 11 is 0. The molecule has 0 amide bonds. The summed E-state index contributed by atoms with van der Waals surface area (Å²) in [7, 11) is 0. The Hall–Kier alpha value is -0.610. The van der Waals surface area contributed by atoms with Crippen LogP contribution in [0.3, 0.4) is 0 Å². The second kappa shape index (κ2) is 8.68. The first-order chi connectivity index (χ1) is 6.86. The van der Waals surface area contributed by atoms with E-state index in [9.17, 15) is 0 Å². The molecular formula is C13H18IN. The second-order valence-electron chi connectivity index (χ2n) is 3.26. The van der Waals surface area contributed by atoms with Crippen LogP contribution < -0.4 is 0 Å². The molecule has 0 aliphatic rings. The Labute approximate surface area is 110 Å². The molecule has 0 aliphatic heterocycles. The minimum absolute atomic E-state index is 0. The fourth-order valence-electron chi connectivity index (χ4n) is 1.41. The zero-order valence-corrected chi connectivity index (χ0v) is 11.3. The molecule has 1 aromatic carbocycles. The fraction of sp³-hybridized carbons (Fsp3) is 0.231. The van der Waals surface area contributed by atoms with E-state index in [1.165, 1.54) is 5.56 Å². The summed E-state index contributed by atoms with van der Waals surface area (Å²) < 4.78 is 0. The smallest absolute Gasteiger partial charge is 0.0240 e. The van der Waals surface area contributed by atoms with E-state index in [2.05, 4.69) is 42.3 Å². The average Bonchev–Trinajstić information content (AvgIpc) is 2.20. The summed E-state index contributed by atoms with van der Waals surface area (Å²) in [5.41, 5.74) is 1.33. The second-order valence-corrected chi connectivity index (χ2v) is 3.26. The molecule has 1 nitrogen and oxygen atoms in total. The van der Waals surface area contributed by atoms with E-state index in [1.807, 2.05) is 18.2 Å². The van der Waals surface area contributed by atoms with Gasteiger partial charge in [0.05, 0.1) is 0 Å². The predicted octanol–water partition coefficient (Wildman–Crippen LogP) is 3.48. The van der Waals surface area contributed by atoms with Crippen LogP contribution in [-0.2, 0) is 6.54 Å². The highest BCUT2D eigenvalue weighted by molar-refractivity contribution is 14.0. The standard InChI is InChI=1S/C13H17N.HI/c1-3-10-14(11-4-2)12-13-8-6-5-7-9-13;/h3-9H,1-2,10-12H2;1H. The summed E-state index contributed by atoms with van der Waals surface area (Å²) in [5, 5.41) is 0. The summed E-state index contributed by atoms with van der Waals surface area (Å²) in [6, 6.07) is 10.4. The minimum atomic E-state index is 0. The molecule has 0 N–H and O–H groups in total. The summed E-state index contributed by atoms with van der Waals surface area (Å²) in [6.07, 6.45) is 3.85. The molecule has 0 aliphatic carbocycles. The Bertz CT molecular complexity index is 272. The number of benzene rings is 1. The summed E-state index contributed by atoms with van der Waals surface area (Å²) in [6.45, 7) is 10.3. The Morgan fingerprint density at radius 3 is 2.00 bits per heavy atom. The van der Waals surface area contributed by atoms with Crippen molar-refractivity contribution in [2.75, 3.05) is 13.1 Å². The normalized spacial score (nSPS) is 9.40. The van der Waals surface area contributed by atoms with Gasteiger partial charge in [0.15, 0.2) is 0 Å². The molecule has 0 radical (unpaired) electrons. The fourth-order valence-corrected chi connectivity index (χ4v) is 1.41. The maximum Gasteiger partial charge on any atom is 0.0240 e. The number of halogens is 1. The number of hydrogen-bond donors (Lipinski definition) is 0. The van der Waals surface area contributed by atoms with Gasteiger partial charge in [-0.2, -0.15) is 0 Å². The van der Waals surface area contributed by atoms with E-state index in [0.717, 1.165) is 19.6 Å². The molecule has 0 fully saturated rings. The third-order valence-electron chi connectivity index (χ3n) is 2.02. The van der Waals surface area contributed by atoms with Crippen LogP contribution in [0.1, 0.15) is 5.56 Å². The van der Waals surface area contributed by atoms with E-state index in [0.29, 0.717) is 0 Å². The molecule has 82 valence electrons. The third kappa shape index (κ3) is 5.74. The number of hydrogen-bond acceptors (Lipinski definition) is 1. The first-order valence-corrected chi connectivity index (χ1v) is 4.85. The van der Waals surface area contributed by atoms with Gasteiger partial charge in [-0.3, -0.25) is 4.90 Å². The van der Waals surface area contributed by atoms with Gasteiger partial charge in [0, 0.05) is 19.6 Å². The molecule has 15 heavy (non-hydrogen) atoms. The van der Waals surface area contributed by atoms with Gasteiger partial charge >= 0.3 is 0 Å². The van der Waals surface area contributed by atoms with Crippen molar-refractivity contribution < 1.29 is 0 Å². The SMILES string of the molecule is C=CCN(CC=C)Cc1ccccc1.I. The minimum Gasteiger partial charge on any atom is -0.292 e. The monoisotopic (exact) mass is 315 g/mol. The molecule has 2 heteroatoms. The van der Waals surface area contributed by atoms with Crippen molar-refractivity contribution in [1.29, 1.82) is 0 Å². The van der Waals surface area contributed by atoms with Gasteiger partial charge in [0.2, 0.25) is 0 Å². The molecule has 1 rings (SSSR count). The average molecular weight is 315 g/mol. The molecule has 0 saturated carbocycles. The van der Waals surface area contributed by atoms with Gasteiger partial charge in [0.1, 0.15) is 0 Å². The molecule has 0 heterocycles. The Morgan fingerprint density at radius 1 is 1.00 bits per heavy atom. The highest BCUT2D eigenvalue weighted by Gasteiger charge is 2.00. The van der Waals surface area contributed by atoms with Crippen LogP contribution in [0.25, 0.3) is 0 Å². The van der Waals surface area contributed by atoms with Crippen LogP contribution in [0.15, 0.2) is 55.6 Å². The van der Waals surface area contributed by atoms with Crippen molar-refractivity contribution in [3.05, 3.63) is 61.2 Å². The highest BCUT2D eigenvalue weighted by Crippen LogP contribution is 2.03. The molecular weight excluding hydrogens is 297 g/mol. The van der Waals surface area contributed by atoms with Gasteiger partial charge < -0.3 is 0 Å². The van der Waals surface area contributed by atoms with Crippen molar-refractivity contribution in [2.24, 2.45) is 0 Å². The Morgan fingerprint density at radius 2 is 1.53 bits per heavy atom. The van der Waals surface area contributed by atoms with Crippen LogP contribution in [0.5, 0.6) is 0 Å². The molecule has 0 aromatic heterocycles. The van der Waals surface area contributed by atoms with E-state index in [4.69, 9.17) is 0 Å². The number of nitrogens with zero attached hydrogens (tertiary/aromatic N) is 1. The van der Waals surface area contributed by atoms with Crippen molar-refractivity contribution in [2.45, 2.75) is 6.54 Å². The lowest BCUT2D eigenvalue weighted by Gasteiger charge is -2.18. The van der Waals surface area contributed by atoms with E-state index in [-0.39, 0.29) is 24.0 Å². The van der Waals surface area contributed by atoms with Gasteiger partial charge in [-0.05, 0) is 5.56 Å². The van der Waals surface area contributed by atoms with Gasteiger partial charge in [0.25, 0.3) is 0 Å². The molecule has 0 bridgehead atoms. The first kappa shape index (κ1) is 14.4. The lowest BCUT2D eigenvalue weighted by atomic mass is 10.2. The van der Waals surface area contributed by atoms with E-state index >= 15 is 0 Å². The Balaban J connectivity index is 0.00000196. The van der Waals surface area contributed by atoms with Crippen LogP contribution in [0.2, 0.25) is 0 Å². The Kier molecular flexibility index (Phi) is 8.33. The van der Waals surface area contributed by atoms with Crippen LogP contribution >= 0.6 is 24.0 Å². The zero-order valence-electron chi connectivity index (χ0n) is 8.93. The zero-order chi connectivity index (χ0) is 10.2. The van der Waals surface area contributed by atoms with Crippen molar-refractivity contribution in [3.63, 3.8) is 0 Å². The summed E-state index contributed by atoms with van der Waals surface area (Å²) in [5.74, 6) is 0. The van der Waals surface area contributed by atoms with Crippen LogP contribution in [-0.4, -0.2) is 18.0 Å². The first-order valence-electron chi connectivity index (χ1n) is 4.85. The quantitative estimate of drug-likeness (QED) is 0.574.